The molecule has 0 spiro atoms. The van der Waals surface area contributed by atoms with E-state index >= 15 is 0 Å². The quantitative estimate of drug-likeness (QED) is 0.647. The molecule has 0 fully saturated rings. The topological polar surface area (TPSA) is 87.2 Å². The Bertz CT molecular complexity index is 1130. The van der Waals surface area contributed by atoms with E-state index in [4.69, 9.17) is 10.5 Å². The van der Waals surface area contributed by atoms with Crippen molar-refractivity contribution in [1.29, 1.82) is 0 Å². The molecule has 144 valence electrons. The summed E-state index contributed by atoms with van der Waals surface area (Å²) < 4.78 is 33.8. The first-order chi connectivity index (χ1) is 13.3. The van der Waals surface area contributed by atoms with E-state index < -0.39 is 23.1 Å². The van der Waals surface area contributed by atoms with Crippen LogP contribution in [0.25, 0.3) is 5.69 Å². The van der Waals surface area contributed by atoms with Crippen molar-refractivity contribution in [2.24, 2.45) is 5.73 Å². The van der Waals surface area contributed by atoms with Crippen LogP contribution in [0.4, 0.5) is 8.78 Å². The van der Waals surface area contributed by atoms with E-state index in [1.807, 2.05) is 0 Å². The van der Waals surface area contributed by atoms with Gasteiger partial charge in [-0.25, -0.2) is 8.78 Å². The fourth-order valence-electron chi connectivity index (χ4n) is 2.59. The highest BCUT2D eigenvalue weighted by molar-refractivity contribution is 9.10. The molecule has 0 aliphatic rings. The maximum absolute atomic E-state index is 13.8. The molecule has 2 heterocycles. The van der Waals surface area contributed by atoms with Gasteiger partial charge in [0.1, 0.15) is 34.2 Å². The summed E-state index contributed by atoms with van der Waals surface area (Å²) in [6.45, 7) is 1.48. The van der Waals surface area contributed by atoms with Crippen molar-refractivity contribution in [3.05, 3.63) is 86.0 Å². The van der Waals surface area contributed by atoms with E-state index in [2.05, 4.69) is 20.9 Å². The lowest BCUT2D eigenvalue weighted by atomic mass is 10.2. The Morgan fingerprint density at radius 3 is 2.68 bits per heavy atom. The summed E-state index contributed by atoms with van der Waals surface area (Å²) >= 11 is 3.19. The van der Waals surface area contributed by atoms with Crippen LogP contribution < -0.4 is 16.0 Å². The molecule has 0 bridgehead atoms. The Morgan fingerprint density at radius 1 is 1.25 bits per heavy atom. The summed E-state index contributed by atoms with van der Waals surface area (Å²) in [6, 6.07) is 7.70. The molecule has 3 aromatic rings. The number of primary amides is 1. The SMILES string of the molecule is Cc1cc(OCc2ccc(F)cc2F)c(Br)c(=O)n1-c1ccnc(C(N)=O)c1. The Labute approximate surface area is 166 Å². The van der Waals surface area contributed by atoms with Crippen molar-refractivity contribution >= 4 is 21.8 Å². The third-order valence-electron chi connectivity index (χ3n) is 3.95. The van der Waals surface area contributed by atoms with Gasteiger partial charge in [-0.3, -0.25) is 19.1 Å². The van der Waals surface area contributed by atoms with Crippen LogP contribution >= 0.6 is 15.9 Å². The molecule has 0 saturated heterocycles. The monoisotopic (exact) mass is 449 g/mol. The molecule has 0 unspecified atom stereocenters. The first kappa shape index (κ1) is 19.7. The Hall–Kier alpha value is -3.07. The van der Waals surface area contributed by atoms with Gasteiger partial charge in [0.15, 0.2) is 0 Å². The number of benzene rings is 1. The first-order valence-electron chi connectivity index (χ1n) is 8.03. The van der Waals surface area contributed by atoms with E-state index in [9.17, 15) is 18.4 Å². The minimum atomic E-state index is -0.739. The predicted molar refractivity (Wildman–Crippen MR) is 101 cm³/mol. The molecular weight excluding hydrogens is 436 g/mol. The molecule has 0 atom stereocenters. The number of nitrogens with two attached hydrogens (primary N) is 1. The number of halogens is 3. The number of nitrogens with zero attached hydrogens (tertiary/aromatic N) is 2. The number of rotatable bonds is 5. The molecule has 1 amide bonds. The second kappa shape index (κ2) is 7.89. The minimum absolute atomic E-state index is 0.0204. The van der Waals surface area contributed by atoms with Gasteiger partial charge in [-0.05, 0) is 47.1 Å². The molecule has 0 aliphatic carbocycles. The fraction of sp³-hybridized carbons (Fsp3) is 0.105. The minimum Gasteiger partial charge on any atom is -0.487 e. The number of aromatic nitrogens is 2. The molecule has 6 nitrogen and oxygen atoms in total. The van der Waals surface area contributed by atoms with E-state index in [1.165, 1.54) is 22.9 Å². The van der Waals surface area contributed by atoms with Crippen LogP contribution in [0.5, 0.6) is 5.75 Å². The van der Waals surface area contributed by atoms with E-state index in [1.54, 1.807) is 19.1 Å². The third-order valence-corrected chi connectivity index (χ3v) is 4.68. The lowest BCUT2D eigenvalue weighted by Gasteiger charge is -2.15. The van der Waals surface area contributed by atoms with Crippen LogP contribution in [0, 0.1) is 18.6 Å². The van der Waals surface area contributed by atoms with E-state index in [0.717, 1.165) is 12.1 Å². The fourth-order valence-corrected chi connectivity index (χ4v) is 3.00. The molecule has 2 aromatic heterocycles. The Balaban J connectivity index is 1.95. The highest BCUT2D eigenvalue weighted by Crippen LogP contribution is 2.25. The molecule has 28 heavy (non-hydrogen) atoms. The molecule has 0 saturated carbocycles. The van der Waals surface area contributed by atoms with Crippen LogP contribution in [-0.4, -0.2) is 15.5 Å². The van der Waals surface area contributed by atoms with Gasteiger partial charge < -0.3 is 10.5 Å². The lowest BCUT2D eigenvalue weighted by Crippen LogP contribution is -2.23. The summed E-state index contributed by atoms with van der Waals surface area (Å²) in [6.07, 6.45) is 1.37. The highest BCUT2D eigenvalue weighted by Gasteiger charge is 2.15. The summed E-state index contributed by atoms with van der Waals surface area (Å²) in [5.74, 6) is -1.94. The number of amides is 1. The van der Waals surface area contributed by atoms with Crippen LogP contribution in [0.1, 0.15) is 21.7 Å². The summed E-state index contributed by atoms with van der Waals surface area (Å²) in [5.41, 5.74) is 5.87. The predicted octanol–water partition coefficient (Wildman–Crippen LogP) is 3.26. The van der Waals surface area contributed by atoms with Crippen molar-refractivity contribution in [3.63, 3.8) is 0 Å². The number of aryl methyl sites for hydroxylation is 1. The second-order valence-corrected chi connectivity index (χ2v) is 6.69. The molecule has 3 rings (SSSR count). The van der Waals surface area contributed by atoms with Gasteiger partial charge in [-0.1, -0.05) is 0 Å². The molecule has 0 radical (unpaired) electrons. The third kappa shape index (κ3) is 3.94. The standard InChI is InChI=1S/C19H14BrF2N3O3/c1-10-6-16(28-9-11-2-3-12(21)7-14(11)22)17(20)19(27)25(10)13-4-5-24-15(8-13)18(23)26/h2-8H,9H2,1H3,(H2,23,26). The van der Waals surface area contributed by atoms with Gasteiger partial charge in [-0.15, -0.1) is 0 Å². The van der Waals surface area contributed by atoms with Gasteiger partial charge >= 0.3 is 0 Å². The lowest BCUT2D eigenvalue weighted by molar-refractivity contribution is 0.0995. The number of carbonyl (C=O) groups excluding carboxylic acids is 1. The van der Waals surface area contributed by atoms with Gasteiger partial charge in [0.25, 0.3) is 11.5 Å². The van der Waals surface area contributed by atoms with Crippen LogP contribution in [0.15, 0.2) is 51.9 Å². The molecule has 2 N–H and O–H groups in total. The molecule has 0 aliphatic heterocycles. The number of hydrogen-bond donors (Lipinski definition) is 1. The maximum atomic E-state index is 13.8. The van der Waals surface area contributed by atoms with Crippen molar-refractivity contribution in [2.45, 2.75) is 13.5 Å². The normalized spacial score (nSPS) is 10.7. The number of pyridine rings is 2. The van der Waals surface area contributed by atoms with Crippen molar-refractivity contribution in [2.75, 3.05) is 0 Å². The van der Waals surface area contributed by atoms with Gasteiger partial charge in [-0.2, -0.15) is 0 Å². The van der Waals surface area contributed by atoms with E-state index in [0.29, 0.717) is 11.4 Å². The first-order valence-corrected chi connectivity index (χ1v) is 8.82. The zero-order valence-electron chi connectivity index (χ0n) is 14.6. The average Bonchev–Trinajstić information content (AvgIpc) is 2.65. The highest BCUT2D eigenvalue weighted by atomic mass is 79.9. The number of hydrogen-bond acceptors (Lipinski definition) is 4. The van der Waals surface area contributed by atoms with Crippen LogP contribution in [-0.2, 0) is 6.61 Å². The summed E-state index contributed by atoms with van der Waals surface area (Å²) in [4.78, 5) is 28.0. The zero-order valence-corrected chi connectivity index (χ0v) is 16.2. The second-order valence-electron chi connectivity index (χ2n) is 5.89. The smallest absolute Gasteiger partial charge is 0.273 e. The summed E-state index contributed by atoms with van der Waals surface area (Å²) in [7, 11) is 0. The largest absolute Gasteiger partial charge is 0.487 e. The van der Waals surface area contributed by atoms with Crippen molar-refractivity contribution in [1.82, 2.24) is 9.55 Å². The molecule has 9 heteroatoms. The van der Waals surface area contributed by atoms with Gasteiger partial charge in [0, 0.05) is 29.6 Å². The zero-order chi connectivity index (χ0) is 20.4. The van der Waals surface area contributed by atoms with Crippen molar-refractivity contribution < 1.29 is 18.3 Å². The Morgan fingerprint density at radius 2 is 2.00 bits per heavy atom. The number of carbonyl (C=O) groups is 1. The molecule has 1 aromatic carbocycles. The number of ether oxygens (including phenoxy) is 1. The molecular formula is C19H14BrF2N3O3. The Kier molecular flexibility index (Phi) is 5.55. The maximum Gasteiger partial charge on any atom is 0.273 e. The summed E-state index contributed by atoms with van der Waals surface area (Å²) in [5, 5.41) is 0. The van der Waals surface area contributed by atoms with Gasteiger partial charge in [0.2, 0.25) is 0 Å². The van der Waals surface area contributed by atoms with Gasteiger partial charge in [0.05, 0.1) is 5.69 Å². The van der Waals surface area contributed by atoms with Crippen LogP contribution in [0.2, 0.25) is 0 Å². The average molecular weight is 450 g/mol. The van der Waals surface area contributed by atoms with Crippen LogP contribution in [0.3, 0.4) is 0 Å². The van der Waals surface area contributed by atoms with Crippen molar-refractivity contribution in [3.8, 4) is 11.4 Å². The van der Waals surface area contributed by atoms with E-state index in [-0.39, 0.29) is 28.1 Å².